The van der Waals surface area contributed by atoms with Crippen molar-refractivity contribution in [2.75, 3.05) is 20.2 Å². The van der Waals surface area contributed by atoms with E-state index in [0.29, 0.717) is 11.6 Å². The Morgan fingerprint density at radius 2 is 2.09 bits per heavy atom. The van der Waals surface area contributed by atoms with Gasteiger partial charge in [-0.3, -0.25) is 4.79 Å². The predicted octanol–water partition coefficient (Wildman–Crippen LogP) is 3.51. The second-order valence-electron chi connectivity index (χ2n) is 6.08. The fourth-order valence-electron chi connectivity index (χ4n) is 2.98. The molecule has 0 radical (unpaired) electrons. The summed E-state index contributed by atoms with van der Waals surface area (Å²) in [5, 5.41) is 0.986. The molecule has 1 atom stereocenters. The van der Waals surface area contributed by atoms with Crippen LogP contribution < -0.4 is 4.74 Å². The third-order valence-corrected chi connectivity index (χ3v) is 4.42. The van der Waals surface area contributed by atoms with Crippen molar-refractivity contribution in [1.29, 1.82) is 0 Å². The van der Waals surface area contributed by atoms with E-state index in [1.54, 1.807) is 7.11 Å². The fraction of sp³-hybridized carbons (Fsp3) is 0.444. The Hall–Kier alpha value is -2.10. The first-order valence-electron chi connectivity index (χ1n) is 7.91. The van der Waals surface area contributed by atoms with Crippen LogP contribution in [0.15, 0.2) is 30.3 Å². The summed E-state index contributed by atoms with van der Waals surface area (Å²) in [6.45, 7) is 3.93. The lowest BCUT2D eigenvalue weighted by molar-refractivity contribution is 0.0755. The van der Waals surface area contributed by atoms with Gasteiger partial charge in [-0.05, 0) is 49.4 Å². The highest BCUT2D eigenvalue weighted by Gasteiger charge is 2.20. The van der Waals surface area contributed by atoms with Crippen molar-refractivity contribution in [2.45, 2.75) is 26.2 Å². The Balaban J connectivity index is 1.84. The molecule has 4 heteroatoms. The summed E-state index contributed by atoms with van der Waals surface area (Å²) in [4.78, 5) is 19.1. The van der Waals surface area contributed by atoms with Crippen LogP contribution in [0, 0.1) is 5.92 Å². The SMILES string of the molecule is COc1ccc2nc(C(=O)N3CCCC(C)CC3)ccc2c1. The molecule has 0 spiro atoms. The number of ether oxygens (including phenoxy) is 1. The first-order valence-corrected chi connectivity index (χ1v) is 7.91. The number of likely N-dealkylation sites (tertiary alicyclic amines) is 1. The van der Waals surface area contributed by atoms with Crippen molar-refractivity contribution in [2.24, 2.45) is 5.92 Å². The maximum absolute atomic E-state index is 12.7. The van der Waals surface area contributed by atoms with Gasteiger partial charge in [-0.2, -0.15) is 0 Å². The number of carbonyl (C=O) groups excluding carboxylic acids is 1. The molecule has 1 saturated heterocycles. The summed E-state index contributed by atoms with van der Waals surface area (Å²) in [6.07, 6.45) is 3.36. The number of methoxy groups -OCH3 is 1. The Bertz CT molecular complexity index is 684. The number of hydrogen-bond donors (Lipinski definition) is 0. The molecule has 3 rings (SSSR count). The topological polar surface area (TPSA) is 42.4 Å². The number of rotatable bonds is 2. The van der Waals surface area contributed by atoms with Gasteiger partial charge in [0.2, 0.25) is 0 Å². The quantitative estimate of drug-likeness (QED) is 0.852. The zero-order chi connectivity index (χ0) is 15.5. The van der Waals surface area contributed by atoms with Gasteiger partial charge < -0.3 is 9.64 Å². The van der Waals surface area contributed by atoms with E-state index >= 15 is 0 Å². The van der Waals surface area contributed by atoms with Gasteiger partial charge in [-0.25, -0.2) is 4.98 Å². The van der Waals surface area contributed by atoms with Gasteiger partial charge in [-0.1, -0.05) is 13.0 Å². The lowest BCUT2D eigenvalue weighted by Crippen LogP contribution is -2.32. The number of amides is 1. The largest absolute Gasteiger partial charge is 0.497 e. The van der Waals surface area contributed by atoms with Crippen LogP contribution in [0.4, 0.5) is 0 Å². The van der Waals surface area contributed by atoms with E-state index in [0.717, 1.165) is 42.6 Å². The summed E-state index contributed by atoms with van der Waals surface area (Å²) in [7, 11) is 1.65. The van der Waals surface area contributed by atoms with Crippen LogP contribution in [-0.4, -0.2) is 36.0 Å². The third-order valence-electron chi connectivity index (χ3n) is 4.42. The van der Waals surface area contributed by atoms with E-state index in [1.165, 1.54) is 6.42 Å². The first-order chi connectivity index (χ1) is 10.7. The van der Waals surface area contributed by atoms with Gasteiger partial charge in [0, 0.05) is 18.5 Å². The second kappa shape index (κ2) is 6.34. The smallest absolute Gasteiger partial charge is 0.272 e. The Kier molecular flexibility index (Phi) is 4.27. The van der Waals surface area contributed by atoms with E-state index in [4.69, 9.17) is 4.74 Å². The molecule has 22 heavy (non-hydrogen) atoms. The highest BCUT2D eigenvalue weighted by Crippen LogP contribution is 2.21. The summed E-state index contributed by atoms with van der Waals surface area (Å²) >= 11 is 0. The van der Waals surface area contributed by atoms with Gasteiger partial charge >= 0.3 is 0 Å². The lowest BCUT2D eigenvalue weighted by Gasteiger charge is -2.20. The molecule has 1 aliphatic heterocycles. The van der Waals surface area contributed by atoms with Crippen molar-refractivity contribution in [3.05, 3.63) is 36.0 Å². The molecule has 1 aromatic carbocycles. The average molecular weight is 298 g/mol. The zero-order valence-electron chi connectivity index (χ0n) is 13.2. The van der Waals surface area contributed by atoms with E-state index in [1.807, 2.05) is 35.2 Å². The van der Waals surface area contributed by atoms with Crippen LogP contribution >= 0.6 is 0 Å². The van der Waals surface area contributed by atoms with E-state index in [2.05, 4.69) is 11.9 Å². The minimum absolute atomic E-state index is 0.0480. The molecule has 0 N–H and O–H groups in total. The maximum Gasteiger partial charge on any atom is 0.272 e. The Morgan fingerprint density at radius 3 is 2.91 bits per heavy atom. The number of benzene rings is 1. The molecule has 4 nitrogen and oxygen atoms in total. The molecule has 1 amide bonds. The highest BCUT2D eigenvalue weighted by atomic mass is 16.5. The third kappa shape index (κ3) is 3.06. The molecule has 1 fully saturated rings. The molecule has 1 aromatic heterocycles. The van der Waals surface area contributed by atoms with Crippen molar-refractivity contribution in [3.8, 4) is 5.75 Å². The summed E-state index contributed by atoms with van der Waals surface area (Å²) in [6, 6.07) is 9.47. The second-order valence-corrected chi connectivity index (χ2v) is 6.08. The van der Waals surface area contributed by atoms with E-state index < -0.39 is 0 Å². The molecule has 116 valence electrons. The zero-order valence-corrected chi connectivity index (χ0v) is 13.2. The molecular weight excluding hydrogens is 276 g/mol. The molecule has 1 aliphatic rings. The van der Waals surface area contributed by atoms with Gasteiger partial charge in [0.25, 0.3) is 5.91 Å². The lowest BCUT2D eigenvalue weighted by atomic mass is 10.0. The number of nitrogens with zero attached hydrogens (tertiary/aromatic N) is 2. The summed E-state index contributed by atoms with van der Waals surface area (Å²) in [5.74, 6) is 1.55. The molecule has 0 aliphatic carbocycles. The van der Waals surface area contributed by atoms with E-state index in [9.17, 15) is 4.79 Å². The Labute approximate surface area is 131 Å². The Morgan fingerprint density at radius 1 is 1.23 bits per heavy atom. The standard InChI is InChI=1S/C18H22N2O2/c1-13-4-3-10-20(11-9-13)18(21)17-7-5-14-12-15(22-2)6-8-16(14)19-17/h5-8,12-13H,3-4,9-11H2,1-2H3. The van der Waals surface area contributed by atoms with Crippen LogP contribution in [0.1, 0.15) is 36.7 Å². The van der Waals surface area contributed by atoms with Crippen LogP contribution in [0.5, 0.6) is 5.75 Å². The van der Waals surface area contributed by atoms with Crippen molar-refractivity contribution in [1.82, 2.24) is 9.88 Å². The van der Waals surface area contributed by atoms with Crippen LogP contribution in [0.2, 0.25) is 0 Å². The van der Waals surface area contributed by atoms with Crippen LogP contribution in [0.3, 0.4) is 0 Å². The number of aromatic nitrogens is 1. The van der Waals surface area contributed by atoms with Gasteiger partial charge in [0.1, 0.15) is 11.4 Å². The molecule has 2 heterocycles. The molecule has 1 unspecified atom stereocenters. The molecular formula is C18H22N2O2. The minimum Gasteiger partial charge on any atom is -0.497 e. The molecule has 2 aromatic rings. The fourth-order valence-corrected chi connectivity index (χ4v) is 2.98. The number of hydrogen-bond acceptors (Lipinski definition) is 3. The minimum atomic E-state index is 0.0480. The van der Waals surface area contributed by atoms with Crippen molar-refractivity contribution < 1.29 is 9.53 Å². The van der Waals surface area contributed by atoms with Crippen molar-refractivity contribution >= 4 is 16.8 Å². The van der Waals surface area contributed by atoms with Crippen LogP contribution in [0.25, 0.3) is 10.9 Å². The van der Waals surface area contributed by atoms with Gasteiger partial charge in [0.05, 0.1) is 12.6 Å². The highest BCUT2D eigenvalue weighted by molar-refractivity contribution is 5.95. The first kappa shape index (κ1) is 14.8. The maximum atomic E-state index is 12.7. The monoisotopic (exact) mass is 298 g/mol. The van der Waals surface area contributed by atoms with Gasteiger partial charge in [-0.15, -0.1) is 0 Å². The normalized spacial score (nSPS) is 19.0. The number of carbonyl (C=O) groups is 1. The summed E-state index contributed by atoms with van der Waals surface area (Å²) in [5.41, 5.74) is 1.36. The predicted molar refractivity (Wildman–Crippen MR) is 87.2 cm³/mol. The molecule has 0 bridgehead atoms. The van der Waals surface area contributed by atoms with Crippen molar-refractivity contribution in [3.63, 3.8) is 0 Å². The summed E-state index contributed by atoms with van der Waals surface area (Å²) < 4.78 is 5.22. The average Bonchev–Trinajstić information content (AvgIpc) is 2.77. The molecule has 0 saturated carbocycles. The van der Waals surface area contributed by atoms with Crippen LogP contribution in [-0.2, 0) is 0 Å². The van der Waals surface area contributed by atoms with E-state index in [-0.39, 0.29) is 5.91 Å². The number of fused-ring (bicyclic) bond motifs is 1. The van der Waals surface area contributed by atoms with Gasteiger partial charge in [0.15, 0.2) is 0 Å². The number of pyridine rings is 1.